The maximum Gasteiger partial charge on any atom is 0.407 e. The van der Waals surface area contributed by atoms with Crippen molar-refractivity contribution in [2.75, 3.05) is 19.7 Å². The minimum atomic E-state index is -1.51. The molecule has 0 unspecified atom stereocenters. The fourth-order valence-electron chi connectivity index (χ4n) is 1.54. The van der Waals surface area contributed by atoms with E-state index in [0.29, 0.717) is 0 Å². The summed E-state index contributed by atoms with van der Waals surface area (Å²) in [4.78, 5) is 23.1. The van der Waals surface area contributed by atoms with Gasteiger partial charge in [-0.2, -0.15) is 0 Å². The summed E-state index contributed by atoms with van der Waals surface area (Å²) in [6, 6.07) is 0. The van der Waals surface area contributed by atoms with Crippen LogP contribution in [0.2, 0.25) is 0 Å². The third kappa shape index (κ3) is 2.59. The number of piperidine rings is 1. The van der Waals surface area contributed by atoms with Crippen LogP contribution in [0.4, 0.5) is 4.79 Å². The van der Waals surface area contributed by atoms with Crippen molar-refractivity contribution in [3.8, 4) is 0 Å². The molecule has 1 saturated heterocycles. The zero-order chi connectivity index (χ0) is 11.5. The molecule has 0 aliphatic carbocycles. The van der Waals surface area contributed by atoms with Crippen molar-refractivity contribution in [1.29, 1.82) is 0 Å². The van der Waals surface area contributed by atoms with Gasteiger partial charge >= 0.3 is 12.1 Å². The van der Waals surface area contributed by atoms with Gasteiger partial charge in [0.2, 0.25) is 0 Å². The predicted octanol–water partition coefficient (Wildman–Crippen LogP) is 0.0544. The summed E-state index contributed by atoms with van der Waals surface area (Å²) < 4.78 is 4.73. The Kier molecular flexibility index (Phi) is 3.52. The number of hydrogen-bond donors (Lipinski definition) is 2. The molecule has 0 saturated carbocycles. The first-order valence-corrected chi connectivity index (χ1v) is 4.87. The Morgan fingerprint density at radius 2 is 1.93 bits per heavy atom. The third-order valence-corrected chi connectivity index (χ3v) is 2.52. The molecule has 1 fully saturated rings. The number of aliphatic hydroxyl groups is 1. The summed E-state index contributed by atoms with van der Waals surface area (Å²) in [5.41, 5.74) is -1.51. The van der Waals surface area contributed by atoms with Gasteiger partial charge in [0.15, 0.2) is 5.60 Å². The van der Waals surface area contributed by atoms with E-state index in [0.717, 1.165) is 0 Å². The number of esters is 1. The van der Waals surface area contributed by atoms with Gasteiger partial charge in [0.05, 0.1) is 6.61 Å². The molecule has 0 aromatic heterocycles. The smallest absolute Gasteiger partial charge is 0.407 e. The van der Waals surface area contributed by atoms with E-state index in [2.05, 4.69) is 0 Å². The van der Waals surface area contributed by atoms with Crippen molar-refractivity contribution in [3.63, 3.8) is 0 Å². The second kappa shape index (κ2) is 4.48. The first kappa shape index (κ1) is 11.8. The number of rotatable bonds is 2. The fraction of sp³-hybridized carbons (Fsp3) is 0.778. The highest BCUT2D eigenvalue weighted by atomic mass is 16.5. The van der Waals surface area contributed by atoms with Crippen molar-refractivity contribution < 1.29 is 24.5 Å². The Labute approximate surface area is 87.4 Å². The molecule has 0 aromatic rings. The largest absolute Gasteiger partial charge is 0.465 e. The lowest BCUT2D eigenvalue weighted by molar-refractivity contribution is -0.169. The first-order valence-electron chi connectivity index (χ1n) is 4.87. The summed E-state index contributed by atoms with van der Waals surface area (Å²) in [6.45, 7) is 2.19. The van der Waals surface area contributed by atoms with Gasteiger partial charge in [-0.05, 0) is 6.92 Å². The number of amides is 1. The van der Waals surface area contributed by atoms with Crippen LogP contribution in [0.5, 0.6) is 0 Å². The molecule has 0 spiro atoms. The molecule has 0 aromatic carbocycles. The molecule has 1 amide bonds. The minimum Gasteiger partial charge on any atom is -0.465 e. The SMILES string of the molecule is CCOC(=O)C1(O)CCN(C(=O)O)CC1. The first-order chi connectivity index (χ1) is 6.99. The van der Waals surface area contributed by atoms with E-state index in [9.17, 15) is 14.7 Å². The Bertz CT molecular complexity index is 257. The second-order valence-electron chi connectivity index (χ2n) is 3.52. The average Bonchev–Trinajstić information content (AvgIpc) is 2.18. The van der Waals surface area contributed by atoms with Crippen LogP contribution in [0.25, 0.3) is 0 Å². The number of nitrogens with zero attached hydrogens (tertiary/aromatic N) is 1. The monoisotopic (exact) mass is 217 g/mol. The summed E-state index contributed by atoms with van der Waals surface area (Å²) in [7, 11) is 0. The minimum absolute atomic E-state index is 0.0954. The Balaban J connectivity index is 2.54. The topological polar surface area (TPSA) is 87.1 Å². The highest BCUT2D eigenvalue weighted by molar-refractivity contribution is 5.79. The van der Waals surface area contributed by atoms with E-state index in [-0.39, 0.29) is 32.5 Å². The van der Waals surface area contributed by atoms with E-state index in [4.69, 9.17) is 9.84 Å². The molecular formula is C9H15NO5. The molecule has 1 aliphatic heterocycles. The molecule has 2 N–H and O–H groups in total. The normalized spacial score (nSPS) is 19.7. The predicted molar refractivity (Wildman–Crippen MR) is 50.4 cm³/mol. The van der Waals surface area contributed by atoms with Gasteiger partial charge in [-0.1, -0.05) is 0 Å². The van der Waals surface area contributed by atoms with Crippen LogP contribution in [0.3, 0.4) is 0 Å². The molecular weight excluding hydrogens is 202 g/mol. The zero-order valence-electron chi connectivity index (χ0n) is 8.60. The van der Waals surface area contributed by atoms with Crippen molar-refractivity contribution in [2.45, 2.75) is 25.4 Å². The molecule has 1 heterocycles. The lowest BCUT2D eigenvalue weighted by Crippen LogP contribution is -2.51. The number of likely N-dealkylation sites (tertiary alicyclic amines) is 1. The van der Waals surface area contributed by atoms with Crippen LogP contribution in [0.1, 0.15) is 19.8 Å². The molecule has 6 heteroatoms. The van der Waals surface area contributed by atoms with E-state index in [1.807, 2.05) is 0 Å². The van der Waals surface area contributed by atoms with Gasteiger partial charge < -0.3 is 19.8 Å². The number of carboxylic acid groups (broad SMARTS) is 1. The van der Waals surface area contributed by atoms with Crippen molar-refractivity contribution >= 4 is 12.1 Å². The van der Waals surface area contributed by atoms with Gasteiger partial charge in [0.25, 0.3) is 0 Å². The standard InChI is InChI=1S/C9H15NO5/c1-2-15-7(11)9(14)3-5-10(6-4-9)8(12)13/h14H,2-6H2,1H3,(H,12,13). The van der Waals surface area contributed by atoms with Gasteiger partial charge in [-0.3, -0.25) is 0 Å². The molecule has 86 valence electrons. The van der Waals surface area contributed by atoms with Gasteiger partial charge in [-0.15, -0.1) is 0 Å². The molecule has 0 bridgehead atoms. The number of carbonyl (C=O) groups is 2. The lowest BCUT2D eigenvalue weighted by atomic mass is 9.92. The van der Waals surface area contributed by atoms with Gasteiger partial charge in [0.1, 0.15) is 0 Å². The average molecular weight is 217 g/mol. The van der Waals surface area contributed by atoms with Crippen LogP contribution < -0.4 is 0 Å². The zero-order valence-corrected chi connectivity index (χ0v) is 8.60. The van der Waals surface area contributed by atoms with E-state index in [1.165, 1.54) is 4.90 Å². The Morgan fingerprint density at radius 1 is 1.40 bits per heavy atom. The quantitative estimate of drug-likeness (QED) is 0.638. The lowest BCUT2D eigenvalue weighted by Gasteiger charge is -2.34. The van der Waals surface area contributed by atoms with Crippen molar-refractivity contribution in [1.82, 2.24) is 4.90 Å². The fourth-order valence-corrected chi connectivity index (χ4v) is 1.54. The maximum absolute atomic E-state index is 11.4. The Morgan fingerprint density at radius 3 is 2.33 bits per heavy atom. The summed E-state index contributed by atoms with van der Waals surface area (Å²) >= 11 is 0. The third-order valence-electron chi connectivity index (χ3n) is 2.52. The summed E-state index contributed by atoms with van der Waals surface area (Å²) in [6.07, 6.45) is -0.836. The molecule has 6 nitrogen and oxygen atoms in total. The molecule has 0 radical (unpaired) electrons. The van der Waals surface area contributed by atoms with Crippen LogP contribution in [0.15, 0.2) is 0 Å². The highest BCUT2D eigenvalue weighted by Crippen LogP contribution is 2.23. The van der Waals surface area contributed by atoms with Gasteiger partial charge in [0, 0.05) is 25.9 Å². The molecule has 1 rings (SSSR count). The van der Waals surface area contributed by atoms with Gasteiger partial charge in [-0.25, -0.2) is 9.59 Å². The molecule has 15 heavy (non-hydrogen) atoms. The summed E-state index contributed by atoms with van der Waals surface area (Å²) in [5, 5.41) is 18.6. The second-order valence-corrected chi connectivity index (χ2v) is 3.52. The van der Waals surface area contributed by atoms with Crippen molar-refractivity contribution in [2.24, 2.45) is 0 Å². The number of hydrogen-bond acceptors (Lipinski definition) is 4. The van der Waals surface area contributed by atoms with Crippen LogP contribution in [0, 0.1) is 0 Å². The number of carbonyl (C=O) groups excluding carboxylic acids is 1. The summed E-state index contributed by atoms with van der Waals surface area (Å²) in [5.74, 6) is -0.657. The van der Waals surface area contributed by atoms with Crippen LogP contribution >= 0.6 is 0 Å². The molecule has 0 atom stereocenters. The number of ether oxygens (including phenoxy) is 1. The van der Waals surface area contributed by atoms with E-state index in [1.54, 1.807) is 6.92 Å². The van der Waals surface area contributed by atoms with E-state index < -0.39 is 17.7 Å². The van der Waals surface area contributed by atoms with Crippen LogP contribution in [-0.2, 0) is 9.53 Å². The molecule has 1 aliphatic rings. The Hall–Kier alpha value is -1.30. The highest BCUT2D eigenvalue weighted by Gasteiger charge is 2.41. The van der Waals surface area contributed by atoms with E-state index >= 15 is 0 Å². The van der Waals surface area contributed by atoms with Crippen molar-refractivity contribution in [3.05, 3.63) is 0 Å². The maximum atomic E-state index is 11.4. The van der Waals surface area contributed by atoms with Crippen LogP contribution in [-0.4, -0.2) is 52.5 Å².